The van der Waals surface area contributed by atoms with E-state index >= 15 is 0 Å². The lowest BCUT2D eigenvalue weighted by Crippen LogP contribution is -2.20. The summed E-state index contributed by atoms with van der Waals surface area (Å²) in [4.78, 5) is 8.48. The normalized spacial score (nSPS) is 27.2. The maximum absolute atomic E-state index is 10.5. The number of aromatic nitrogens is 3. The molecule has 1 saturated carbocycles. The van der Waals surface area contributed by atoms with Crippen LogP contribution in [0.3, 0.4) is 0 Å². The van der Waals surface area contributed by atoms with E-state index in [-0.39, 0.29) is 11.9 Å². The van der Waals surface area contributed by atoms with Crippen LogP contribution in [0.15, 0.2) is 12.3 Å². The molecule has 0 aromatic carbocycles. The first-order chi connectivity index (χ1) is 12.7. The maximum Gasteiger partial charge on any atom is 0.138 e. The zero-order chi connectivity index (χ0) is 19.8. The van der Waals surface area contributed by atoms with Crippen LogP contribution in [0.25, 0.3) is 11.0 Å². The lowest BCUT2D eigenvalue weighted by Gasteiger charge is -2.30. The predicted octanol–water partition coefficient (Wildman–Crippen LogP) is 3.17. The summed E-state index contributed by atoms with van der Waals surface area (Å²) in [6, 6.07) is 3.87. The number of nitrogens with one attached hydrogen (secondary N) is 1. The van der Waals surface area contributed by atoms with Crippen LogP contribution in [0.5, 0.6) is 0 Å². The van der Waals surface area contributed by atoms with Gasteiger partial charge in [-0.25, -0.2) is 9.97 Å². The van der Waals surface area contributed by atoms with Crippen molar-refractivity contribution in [2.24, 2.45) is 5.92 Å². The van der Waals surface area contributed by atoms with Gasteiger partial charge in [0, 0.05) is 29.7 Å². The third-order valence-electron chi connectivity index (χ3n) is 4.61. The number of rotatable bonds is 4. The highest BCUT2D eigenvalue weighted by Crippen LogP contribution is 2.37. The zero-order valence-corrected chi connectivity index (χ0v) is 13.1. The molecule has 3 rings (SSSR count). The molecule has 122 valence electrons. The Morgan fingerprint density at radius 2 is 2.35 bits per heavy atom. The van der Waals surface area contributed by atoms with Crippen LogP contribution in [0.1, 0.15) is 62.4 Å². The van der Waals surface area contributed by atoms with Crippen LogP contribution in [-0.2, 0) is 0 Å². The topological polar surface area (TPSA) is 86.8 Å². The van der Waals surface area contributed by atoms with Crippen molar-refractivity contribution in [3.8, 4) is 6.07 Å². The lowest BCUT2D eigenvalue weighted by molar-refractivity contribution is 0.175. The minimum Gasteiger partial charge on any atom is -0.385 e. The molecule has 1 atom stereocenters. The third kappa shape index (κ3) is 3.02. The predicted molar refractivity (Wildman–Crippen MR) is 88.9 cm³/mol. The molecule has 2 N–H and O–H groups in total. The third-order valence-corrected chi connectivity index (χ3v) is 4.61. The van der Waals surface area contributed by atoms with E-state index in [1.165, 1.54) is 6.20 Å². The van der Waals surface area contributed by atoms with Crippen LogP contribution < -0.4 is 5.32 Å². The Balaban J connectivity index is 2.11. The molecule has 1 fully saturated rings. The number of anilines is 1. The van der Waals surface area contributed by atoms with Crippen LogP contribution in [0.2, 0.25) is 0 Å². The van der Waals surface area contributed by atoms with E-state index in [9.17, 15) is 5.11 Å². The van der Waals surface area contributed by atoms with E-state index < -0.39 is 12.9 Å². The standard InChI is InChI=1S/C17H23N5O/c1-11(23)17-21-14-10-20-16(19-2)9-15(14)22(17)13-5-3-12(4-6-13)7-8-18/h9-13,23H,3-7H2,1-2H3,(H,19,20)/i1D3,11D. The van der Waals surface area contributed by atoms with Crippen LogP contribution in [0, 0.1) is 17.2 Å². The summed E-state index contributed by atoms with van der Waals surface area (Å²) in [5.41, 5.74) is 1.08. The van der Waals surface area contributed by atoms with Gasteiger partial charge >= 0.3 is 0 Å². The molecule has 0 aliphatic heterocycles. The van der Waals surface area contributed by atoms with Gasteiger partial charge < -0.3 is 15.0 Å². The molecule has 0 bridgehead atoms. The fourth-order valence-electron chi connectivity index (χ4n) is 3.41. The molecule has 1 aliphatic rings. The molecule has 2 aromatic rings. The number of pyridine rings is 1. The molecule has 0 saturated heterocycles. The first-order valence-electron chi connectivity index (χ1n) is 9.84. The van der Waals surface area contributed by atoms with E-state index in [0.717, 1.165) is 25.7 Å². The van der Waals surface area contributed by atoms with E-state index in [2.05, 4.69) is 21.4 Å². The molecular weight excluding hydrogens is 290 g/mol. The van der Waals surface area contributed by atoms with Gasteiger partial charge in [-0.05, 0) is 38.5 Å². The largest absolute Gasteiger partial charge is 0.385 e. The van der Waals surface area contributed by atoms with Crippen molar-refractivity contribution in [1.29, 1.82) is 5.26 Å². The van der Waals surface area contributed by atoms with Crippen LogP contribution in [-0.4, -0.2) is 26.7 Å². The monoisotopic (exact) mass is 317 g/mol. The summed E-state index contributed by atoms with van der Waals surface area (Å²) >= 11 is 0. The molecule has 6 nitrogen and oxygen atoms in total. The zero-order valence-electron chi connectivity index (χ0n) is 17.1. The fraction of sp³-hybridized carbons (Fsp3) is 0.588. The Labute approximate surface area is 141 Å². The van der Waals surface area contributed by atoms with Crippen molar-refractivity contribution in [3.05, 3.63) is 18.1 Å². The van der Waals surface area contributed by atoms with Crippen molar-refractivity contribution in [1.82, 2.24) is 14.5 Å². The number of nitriles is 1. The van der Waals surface area contributed by atoms with Crippen molar-refractivity contribution >= 4 is 16.9 Å². The van der Waals surface area contributed by atoms with Gasteiger partial charge in [-0.1, -0.05) is 0 Å². The van der Waals surface area contributed by atoms with E-state index in [4.69, 9.17) is 10.7 Å². The average molecular weight is 317 g/mol. The second-order valence-corrected chi connectivity index (χ2v) is 6.00. The average Bonchev–Trinajstić information content (AvgIpc) is 3.01. The van der Waals surface area contributed by atoms with Crippen molar-refractivity contribution in [3.63, 3.8) is 0 Å². The minimum atomic E-state index is -2.94. The quantitative estimate of drug-likeness (QED) is 0.904. The second-order valence-electron chi connectivity index (χ2n) is 6.00. The summed E-state index contributed by atoms with van der Waals surface area (Å²) in [5, 5.41) is 22.4. The minimum absolute atomic E-state index is 0.0914. The van der Waals surface area contributed by atoms with Gasteiger partial charge in [0.1, 0.15) is 23.2 Å². The molecule has 1 unspecified atom stereocenters. The summed E-state index contributed by atoms with van der Waals surface area (Å²) in [6.45, 7) is -2.94. The Bertz CT molecular complexity index is 863. The highest BCUT2D eigenvalue weighted by molar-refractivity contribution is 5.78. The molecule has 2 heterocycles. The van der Waals surface area contributed by atoms with E-state index in [1.54, 1.807) is 17.7 Å². The van der Waals surface area contributed by atoms with Crippen LogP contribution >= 0.6 is 0 Å². The lowest BCUT2D eigenvalue weighted by atomic mass is 9.84. The molecule has 0 radical (unpaired) electrons. The second kappa shape index (κ2) is 6.55. The fourth-order valence-corrected chi connectivity index (χ4v) is 3.41. The van der Waals surface area contributed by atoms with Gasteiger partial charge in [0.15, 0.2) is 0 Å². The SMILES string of the molecule is [2H]C([2H])([2H])C([2H])(O)c1nc2cnc(NC)cc2n1C1CCC(CC#N)CC1. The van der Waals surface area contributed by atoms with Gasteiger partial charge in [-0.2, -0.15) is 5.26 Å². The smallest absolute Gasteiger partial charge is 0.138 e. The Kier molecular flexibility index (Phi) is 3.25. The van der Waals surface area contributed by atoms with Gasteiger partial charge in [0.05, 0.1) is 19.2 Å². The van der Waals surface area contributed by atoms with Crippen molar-refractivity contribution in [2.45, 2.75) is 51.1 Å². The number of hydrogen-bond donors (Lipinski definition) is 2. The molecule has 1 aliphatic carbocycles. The molecule has 23 heavy (non-hydrogen) atoms. The van der Waals surface area contributed by atoms with Gasteiger partial charge in [0.2, 0.25) is 0 Å². The summed E-state index contributed by atoms with van der Waals surface area (Å²) < 4.78 is 32.6. The highest BCUT2D eigenvalue weighted by Gasteiger charge is 2.27. The summed E-state index contributed by atoms with van der Waals surface area (Å²) in [6.07, 6.45) is 2.35. The number of aliphatic hydroxyl groups is 1. The molecule has 0 amide bonds. The molecule has 0 spiro atoms. The van der Waals surface area contributed by atoms with Gasteiger partial charge in [0.25, 0.3) is 0 Å². The number of fused-ring (bicyclic) bond motifs is 1. The van der Waals surface area contributed by atoms with Crippen LogP contribution in [0.4, 0.5) is 5.82 Å². The Morgan fingerprint density at radius 1 is 1.57 bits per heavy atom. The maximum atomic E-state index is 10.5. The van der Waals surface area contributed by atoms with Gasteiger partial charge in [-0.3, -0.25) is 0 Å². The number of nitrogens with zero attached hydrogens (tertiary/aromatic N) is 4. The Morgan fingerprint density at radius 3 is 3.00 bits per heavy atom. The number of hydrogen-bond acceptors (Lipinski definition) is 5. The molecule has 6 heteroatoms. The summed E-state index contributed by atoms with van der Waals surface area (Å²) in [7, 11) is 1.73. The Hall–Kier alpha value is -2.13. The summed E-state index contributed by atoms with van der Waals surface area (Å²) in [5.74, 6) is 0.739. The molecular formula is C17H23N5O. The highest BCUT2D eigenvalue weighted by atomic mass is 16.3. The van der Waals surface area contributed by atoms with E-state index in [0.29, 0.717) is 29.2 Å². The molecule has 2 aromatic heterocycles. The first kappa shape index (κ1) is 11.4. The first-order valence-corrected chi connectivity index (χ1v) is 7.84. The van der Waals surface area contributed by atoms with Crippen molar-refractivity contribution in [2.75, 3.05) is 12.4 Å². The van der Waals surface area contributed by atoms with Gasteiger partial charge in [-0.15, -0.1) is 0 Å². The number of imidazole rings is 1. The van der Waals surface area contributed by atoms with E-state index in [1.807, 2.05) is 0 Å². The van der Waals surface area contributed by atoms with Crippen molar-refractivity contribution < 1.29 is 10.6 Å².